The third-order valence-corrected chi connectivity index (χ3v) is 3.23. The summed E-state index contributed by atoms with van der Waals surface area (Å²) >= 11 is 0. The van der Waals surface area contributed by atoms with Crippen LogP contribution in [0.15, 0.2) is 54.6 Å². The molecule has 4 nitrogen and oxygen atoms in total. The third-order valence-electron chi connectivity index (χ3n) is 3.23. The molecule has 0 spiro atoms. The van der Waals surface area contributed by atoms with E-state index in [0.29, 0.717) is 5.82 Å². The van der Waals surface area contributed by atoms with Crippen molar-refractivity contribution in [2.75, 3.05) is 0 Å². The Balaban J connectivity index is 2.26. The zero-order chi connectivity index (χ0) is 14.1. The van der Waals surface area contributed by atoms with Gasteiger partial charge >= 0.3 is 0 Å². The number of imidazole rings is 1. The van der Waals surface area contributed by atoms with E-state index in [4.69, 9.17) is 0 Å². The van der Waals surface area contributed by atoms with Gasteiger partial charge in [-0.15, -0.1) is 0 Å². The van der Waals surface area contributed by atoms with Gasteiger partial charge in [0.25, 0.3) is 11.8 Å². The predicted octanol–water partition coefficient (Wildman–Crippen LogP) is 3.26. The van der Waals surface area contributed by atoms with Crippen molar-refractivity contribution in [2.45, 2.75) is 6.92 Å². The predicted molar refractivity (Wildman–Crippen MR) is 77.1 cm³/mol. The number of benzene rings is 2. The summed E-state index contributed by atoms with van der Waals surface area (Å²) in [6.07, 6.45) is 0. The van der Waals surface area contributed by atoms with Crippen molar-refractivity contribution in [3.05, 3.63) is 60.4 Å². The number of aromatic hydroxyl groups is 2. The average molecular weight is 266 g/mol. The van der Waals surface area contributed by atoms with Gasteiger partial charge in [0.1, 0.15) is 5.82 Å². The number of rotatable bonds is 2. The maximum Gasteiger partial charge on any atom is 0.275 e. The molecule has 0 radical (unpaired) electrons. The molecule has 20 heavy (non-hydrogen) atoms. The minimum atomic E-state index is -0.356. The van der Waals surface area contributed by atoms with Gasteiger partial charge in [0.15, 0.2) is 0 Å². The Bertz CT molecular complexity index is 748. The smallest absolute Gasteiger partial charge is 0.275 e. The Morgan fingerprint density at radius 3 is 2.20 bits per heavy atom. The maximum atomic E-state index is 9.99. The summed E-state index contributed by atoms with van der Waals surface area (Å²) in [6, 6.07) is 17.6. The van der Waals surface area contributed by atoms with Crippen molar-refractivity contribution in [2.24, 2.45) is 0 Å². The molecule has 0 aliphatic carbocycles. The van der Waals surface area contributed by atoms with E-state index in [9.17, 15) is 10.2 Å². The van der Waals surface area contributed by atoms with E-state index in [-0.39, 0.29) is 11.8 Å². The monoisotopic (exact) mass is 266 g/mol. The van der Waals surface area contributed by atoms with Crippen LogP contribution in [0.3, 0.4) is 0 Å². The van der Waals surface area contributed by atoms with Gasteiger partial charge in [0.05, 0.1) is 5.69 Å². The minimum Gasteiger partial charge on any atom is -0.490 e. The van der Waals surface area contributed by atoms with Crippen LogP contribution in [0.1, 0.15) is 5.82 Å². The van der Waals surface area contributed by atoms with Crippen LogP contribution in [0.5, 0.6) is 11.8 Å². The molecule has 0 saturated heterocycles. The standard InChI is InChI=1S/C16H14N2O2/c1-11-17-15(19)16(20)18(11)14-10-6-5-9-13(14)12-7-3-2-4-8-12/h2-10,19-20H,1H3. The van der Waals surface area contributed by atoms with E-state index in [1.54, 1.807) is 6.92 Å². The molecule has 100 valence electrons. The second-order valence-corrected chi connectivity index (χ2v) is 4.52. The van der Waals surface area contributed by atoms with Crippen molar-refractivity contribution in [1.82, 2.24) is 9.55 Å². The van der Waals surface area contributed by atoms with Gasteiger partial charge in [-0.1, -0.05) is 48.5 Å². The number of hydrogen-bond donors (Lipinski definition) is 2. The number of hydrogen-bond acceptors (Lipinski definition) is 3. The van der Waals surface area contributed by atoms with Crippen molar-refractivity contribution in [3.63, 3.8) is 0 Å². The lowest BCUT2D eigenvalue weighted by Gasteiger charge is -2.12. The Labute approximate surface area is 116 Å². The van der Waals surface area contributed by atoms with E-state index in [2.05, 4.69) is 4.98 Å². The molecule has 3 aromatic rings. The number of nitrogens with zero attached hydrogens (tertiary/aromatic N) is 2. The van der Waals surface area contributed by atoms with E-state index in [1.165, 1.54) is 4.57 Å². The van der Waals surface area contributed by atoms with Crippen LogP contribution in [0, 0.1) is 6.92 Å². The highest BCUT2D eigenvalue weighted by atomic mass is 16.3. The fourth-order valence-corrected chi connectivity index (χ4v) is 2.33. The van der Waals surface area contributed by atoms with Crippen molar-refractivity contribution >= 4 is 0 Å². The first kappa shape index (κ1) is 12.3. The zero-order valence-corrected chi connectivity index (χ0v) is 11.0. The van der Waals surface area contributed by atoms with Crippen molar-refractivity contribution in [1.29, 1.82) is 0 Å². The molecule has 3 rings (SSSR count). The molecule has 2 N–H and O–H groups in total. The van der Waals surface area contributed by atoms with Gasteiger partial charge in [0.2, 0.25) is 0 Å². The van der Waals surface area contributed by atoms with E-state index in [0.717, 1.165) is 16.8 Å². The molecule has 0 amide bonds. The molecular formula is C16H14N2O2. The summed E-state index contributed by atoms with van der Waals surface area (Å²) < 4.78 is 1.54. The van der Waals surface area contributed by atoms with Crippen LogP contribution in [0.4, 0.5) is 0 Å². The van der Waals surface area contributed by atoms with Crippen LogP contribution in [0.2, 0.25) is 0 Å². The minimum absolute atomic E-state index is 0.245. The lowest BCUT2D eigenvalue weighted by molar-refractivity contribution is 0.379. The molecule has 4 heteroatoms. The summed E-state index contributed by atoms with van der Waals surface area (Å²) in [5.74, 6) is -0.0698. The third kappa shape index (κ3) is 1.91. The summed E-state index contributed by atoms with van der Waals surface area (Å²) in [5, 5.41) is 19.6. The lowest BCUT2D eigenvalue weighted by atomic mass is 10.0. The zero-order valence-electron chi connectivity index (χ0n) is 11.0. The fourth-order valence-electron chi connectivity index (χ4n) is 2.33. The quantitative estimate of drug-likeness (QED) is 0.748. The highest BCUT2D eigenvalue weighted by Gasteiger charge is 2.17. The van der Waals surface area contributed by atoms with E-state index < -0.39 is 0 Å². The summed E-state index contributed by atoms with van der Waals surface area (Å²) in [5.41, 5.74) is 2.78. The van der Waals surface area contributed by atoms with Crippen LogP contribution in [0.25, 0.3) is 16.8 Å². The topological polar surface area (TPSA) is 58.3 Å². The lowest BCUT2D eigenvalue weighted by Crippen LogP contribution is -1.99. The van der Waals surface area contributed by atoms with Crippen molar-refractivity contribution in [3.8, 4) is 28.6 Å². The maximum absolute atomic E-state index is 9.99. The summed E-state index contributed by atoms with van der Waals surface area (Å²) in [4.78, 5) is 3.89. The Kier molecular flexibility index (Phi) is 2.91. The van der Waals surface area contributed by atoms with Gasteiger partial charge < -0.3 is 10.2 Å². The SMILES string of the molecule is Cc1nc(O)c(O)n1-c1ccccc1-c1ccccc1. The van der Waals surface area contributed by atoms with Gasteiger partial charge in [-0.3, -0.25) is 4.57 Å². The van der Waals surface area contributed by atoms with Crippen LogP contribution in [-0.2, 0) is 0 Å². The van der Waals surface area contributed by atoms with E-state index >= 15 is 0 Å². The second kappa shape index (κ2) is 4.74. The van der Waals surface area contributed by atoms with Crippen LogP contribution < -0.4 is 0 Å². The fraction of sp³-hybridized carbons (Fsp3) is 0.0625. The molecule has 0 atom stereocenters. The summed E-state index contributed by atoms with van der Waals surface area (Å²) in [7, 11) is 0. The van der Waals surface area contributed by atoms with Gasteiger partial charge in [-0.2, -0.15) is 4.98 Å². The average Bonchev–Trinajstić information content (AvgIpc) is 2.73. The second-order valence-electron chi connectivity index (χ2n) is 4.52. The van der Waals surface area contributed by atoms with Crippen LogP contribution >= 0.6 is 0 Å². The highest BCUT2D eigenvalue weighted by Crippen LogP contribution is 2.34. The molecule has 0 saturated carbocycles. The Hall–Kier alpha value is -2.75. The first-order valence-electron chi connectivity index (χ1n) is 6.30. The molecule has 1 aromatic heterocycles. The molecule has 0 aliphatic heterocycles. The molecule has 0 bridgehead atoms. The summed E-state index contributed by atoms with van der Waals surface area (Å²) in [6.45, 7) is 1.74. The number of aromatic nitrogens is 2. The first-order chi connectivity index (χ1) is 9.68. The van der Waals surface area contributed by atoms with E-state index in [1.807, 2.05) is 54.6 Å². The molecule has 1 heterocycles. The first-order valence-corrected chi connectivity index (χ1v) is 6.30. The molecule has 0 fully saturated rings. The van der Waals surface area contributed by atoms with Gasteiger partial charge in [-0.25, -0.2) is 0 Å². The Morgan fingerprint density at radius 1 is 0.900 bits per heavy atom. The highest BCUT2D eigenvalue weighted by molar-refractivity contribution is 5.73. The van der Waals surface area contributed by atoms with Crippen LogP contribution in [-0.4, -0.2) is 19.8 Å². The van der Waals surface area contributed by atoms with Gasteiger partial charge in [-0.05, 0) is 18.6 Å². The molecule has 2 aromatic carbocycles. The normalized spacial score (nSPS) is 10.7. The Morgan fingerprint density at radius 2 is 1.55 bits per heavy atom. The molecule has 0 aliphatic rings. The number of para-hydroxylation sites is 1. The van der Waals surface area contributed by atoms with Crippen molar-refractivity contribution < 1.29 is 10.2 Å². The largest absolute Gasteiger partial charge is 0.490 e. The van der Waals surface area contributed by atoms with Gasteiger partial charge in [0, 0.05) is 5.56 Å². The number of aryl methyl sites for hydroxylation is 1. The molecule has 0 unspecified atom stereocenters. The molecular weight excluding hydrogens is 252 g/mol.